The van der Waals surface area contributed by atoms with Crippen LogP contribution in [-0.2, 0) is 13.0 Å². The number of aromatic nitrogens is 2. The molecule has 30 heavy (non-hydrogen) atoms. The zero-order valence-corrected chi connectivity index (χ0v) is 21.3. The minimum Gasteiger partial charge on any atom is -0.491 e. The normalized spacial score (nSPS) is 11.5. The Labute approximate surface area is 197 Å². The van der Waals surface area contributed by atoms with Crippen LogP contribution >= 0.6 is 24.0 Å². The van der Waals surface area contributed by atoms with Gasteiger partial charge in [0.15, 0.2) is 11.8 Å². The summed E-state index contributed by atoms with van der Waals surface area (Å²) in [6.07, 6.45) is 1.76. The van der Waals surface area contributed by atoms with Crippen molar-refractivity contribution in [1.29, 1.82) is 0 Å². The SMILES string of the molecule is CCNC(=NCc1ccc(C)cc1OC(C)C)NCCCc1nc(C(C)C)no1.I. The molecule has 8 heteroatoms. The lowest BCUT2D eigenvalue weighted by Gasteiger charge is -2.15. The van der Waals surface area contributed by atoms with Gasteiger partial charge in [-0.1, -0.05) is 31.1 Å². The zero-order chi connectivity index (χ0) is 21.2. The predicted octanol–water partition coefficient (Wildman–Crippen LogP) is 4.59. The van der Waals surface area contributed by atoms with Crippen LogP contribution in [0.2, 0.25) is 0 Å². The van der Waals surface area contributed by atoms with Crippen LogP contribution in [0.3, 0.4) is 0 Å². The Kier molecular flexibility index (Phi) is 11.8. The first-order chi connectivity index (χ1) is 13.9. The Bertz CT molecular complexity index is 790. The van der Waals surface area contributed by atoms with Gasteiger partial charge in [0, 0.05) is 31.0 Å². The van der Waals surface area contributed by atoms with Gasteiger partial charge in [-0.15, -0.1) is 24.0 Å². The molecule has 2 N–H and O–H groups in total. The standard InChI is InChI=1S/C22H35N5O2.HI/c1-7-23-22(24-12-8-9-20-26-21(15(2)3)27-29-20)25-14-18-11-10-17(6)13-19(18)28-16(4)5;/h10-11,13,15-16H,7-9,12,14H2,1-6H3,(H2,23,24,25);1H. The molecule has 168 valence electrons. The highest BCUT2D eigenvalue weighted by molar-refractivity contribution is 14.0. The number of halogens is 1. The molecule has 0 radical (unpaired) electrons. The van der Waals surface area contributed by atoms with Crippen molar-refractivity contribution in [2.24, 2.45) is 4.99 Å². The Hall–Kier alpha value is -1.84. The van der Waals surface area contributed by atoms with Gasteiger partial charge >= 0.3 is 0 Å². The number of nitrogens with one attached hydrogen (secondary N) is 2. The summed E-state index contributed by atoms with van der Waals surface area (Å²) < 4.78 is 11.2. The smallest absolute Gasteiger partial charge is 0.226 e. The Balaban J connectivity index is 0.00000450. The van der Waals surface area contributed by atoms with E-state index in [9.17, 15) is 0 Å². The number of aliphatic imine (C=N–C) groups is 1. The number of nitrogens with zero attached hydrogens (tertiary/aromatic N) is 3. The molecule has 0 unspecified atom stereocenters. The van der Waals surface area contributed by atoms with Gasteiger partial charge in [-0.05, 0) is 45.7 Å². The van der Waals surface area contributed by atoms with Crippen molar-refractivity contribution in [1.82, 2.24) is 20.8 Å². The minimum absolute atomic E-state index is 0. The van der Waals surface area contributed by atoms with Crippen LogP contribution in [-0.4, -0.2) is 35.3 Å². The average molecular weight is 529 g/mol. The van der Waals surface area contributed by atoms with Crippen molar-refractivity contribution in [2.75, 3.05) is 13.1 Å². The summed E-state index contributed by atoms with van der Waals surface area (Å²) in [4.78, 5) is 9.13. The second-order valence-corrected chi connectivity index (χ2v) is 7.70. The molecule has 0 fully saturated rings. The van der Waals surface area contributed by atoms with Gasteiger partial charge in [0.2, 0.25) is 5.89 Å². The van der Waals surface area contributed by atoms with Gasteiger partial charge in [0.25, 0.3) is 0 Å². The van der Waals surface area contributed by atoms with Gasteiger partial charge < -0.3 is 19.9 Å². The molecule has 0 aliphatic rings. The first-order valence-electron chi connectivity index (χ1n) is 10.5. The van der Waals surface area contributed by atoms with Crippen molar-refractivity contribution < 1.29 is 9.26 Å². The molecular weight excluding hydrogens is 493 g/mol. The average Bonchev–Trinajstić information content (AvgIpc) is 3.13. The molecular formula is C22H36IN5O2. The maximum atomic E-state index is 5.95. The van der Waals surface area contributed by atoms with Crippen LogP contribution in [0.15, 0.2) is 27.7 Å². The molecule has 0 bridgehead atoms. The third-order valence-electron chi connectivity index (χ3n) is 4.20. The molecule has 1 heterocycles. The highest BCUT2D eigenvalue weighted by Crippen LogP contribution is 2.22. The van der Waals surface area contributed by atoms with E-state index in [-0.39, 0.29) is 36.0 Å². The number of rotatable bonds is 10. The summed E-state index contributed by atoms with van der Waals surface area (Å²) in [5.41, 5.74) is 2.26. The van der Waals surface area contributed by atoms with E-state index in [4.69, 9.17) is 14.3 Å². The summed E-state index contributed by atoms with van der Waals surface area (Å²) in [6.45, 7) is 14.4. The molecule has 1 aromatic heterocycles. The fourth-order valence-corrected chi connectivity index (χ4v) is 2.71. The maximum Gasteiger partial charge on any atom is 0.226 e. The summed E-state index contributed by atoms with van der Waals surface area (Å²) in [5.74, 6) is 3.42. The number of hydrogen-bond acceptors (Lipinski definition) is 5. The molecule has 0 amide bonds. The van der Waals surface area contributed by atoms with Crippen LogP contribution in [0.1, 0.15) is 69.8 Å². The summed E-state index contributed by atoms with van der Waals surface area (Å²) in [7, 11) is 0. The Morgan fingerprint density at radius 3 is 2.60 bits per heavy atom. The lowest BCUT2D eigenvalue weighted by atomic mass is 10.1. The van der Waals surface area contributed by atoms with Gasteiger partial charge in [0.05, 0.1) is 12.6 Å². The highest BCUT2D eigenvalue weighted by atomic mass is 127. The first-order valence-corrected chi connectivity index (χ1v) is 10.5. The van der Waals surface area contributed by atoms with E-state index in [1.807, 2.05) is 13.8 Å². The molecule has 0 atom stereocenters. The van der Waals surface area contributed by atoms with Crippen molar-refractivity contribution in [2.45, 2.75) is 73.0 Å². The fourth-order valence-electron chi connectivity index (χ4n) is 2.71. The second-order valence-electron chi connectivity index (χ2n) is 7.70. The molecule has 2 aromatic rings. The van der Waals surface area contributed by atoms with Crippen molar-refractivity contribution in [3.8, 4) is 5.75 Å². The summed E-state index contributed by atoms with van der Waals surface area (Å²) >= 11 is 0. The summed E-state index contributed by atoms with van der Waals surface area (Å²) in [5, 5.41) is 10.7. The van der Waals surface area contributed by atoms with Gasteiger partial charge in [0.1, 0.15) is 5.75 Å². The van der Waals surface area contributed by atoms with E-state index in [0.717, 1.165) is 49.0 Å². The van der Waals surface area contributed by atoms with Gasteiger partial charge in [-0.25, -0.2) is 4.99 Å². The van der Waals surface area contributed by atoms with E-state index in [0.29, 0.717) is 12.4 Å². The van der Waals surface area contributed by atoms with E-state index in [2.05, 4.69) is 66.7 Å². The third kappa shape index (κ3) is 8.89. The van der Waals surface area contributed by atoms with Crippen molar-refractivity contribution in [3.63, 3.8) is 0 Å². The minimum atomic E-state index is 0. The monoisotopic (exact) mass is 529 g/mol. The molecule has 2 rings (SSSR count). The highest BCUT2D eigenvalue weighted by Gasteiger charge is 2.10. The molecule has 0 saturated heterocycles. The fraction of sp³-hybridized carbons (Fsp3) is 0.591. The van der Waals surface area contributed by atoms with E-state index >= 15 is 0 Å². The molecule has 0 aliphatic heterocycles. The van der Waals surface area contributed by atoms with Gasteiger partial charge in [-0.3, -0.25) is 0 Å². The lowest BCUT2D eigenvalue weighted by Crippen LogP contribution is -2.37. The number of guanidine groups is 1. The topological polar surface area (TPSA) is 84.6 Å². The van der Waals surface area contributed by atoms with Gasteiger partial charge in [-0.2, -0.15) is 4.98 Å². The van der Waals surface area contributed by atoms with Crippen molar-refractivity contribution >= 4 is 29.9 Å². The molecule has 0 spiro atoms. The second kappa shape index (κ2) is 13.5. The largest absolute Gasteiger partial charge is 0.491 e. The van der Waals surface area contributed by atoms with E-state index < -0.39 is 0 Å². The lowest BCUT2D eigenvalue weighted by molar-refractivity contribution is 0.240. The third-order valence-corrected chi connectivity index (χ3v) is 4.20. The maximum absolute atomic E-state index is 5.95. The number of benzene rings is 1. The predicted molar refractivity (Wildman–Crippen MR) is 132 cm³/mol. The Morgan fingerprint density at radius 1 is 1.20 bits per heavy atom. The van der Waals surface area contributed by atoms with Crippen LogP contribution < -0.4 is 15.4 Å². The Morgan fingerprint density at radius 2 is 1.97 bits per heavy atom. The van der Waals surface area contributed by atoms with E-state index in [1.165, 1.54) is 5.56 Å². The first kappa shape index (κ1) is 26.2. The molecule has 0 aliphatic carbocycles. The molecule has 0 saturated carbocycles. The van der Waals surface area contributed by atoms with Crippen LogP contribution in [0.25, 0.3) is 0 Å². The van der Waals surface area contributed by atoms with E-state index in [1.54, 1.807) is 0 Å². The number of hydrogen-bond donors (Lipinski definition) is 2. The molecule has 7 nitrogen and oxygen atoms in total. The number of ether oxygens (including phenoxy) is 1. The van der Waals surface area contributed by atoms with Crippen LogP contribution in [0, 0.1) is 6.92 Å². The van der Waals surface area contributed by atoms with Crippen LogP contribution in [0.4, 0.5) is 0 Å². The zero-order valence-electron chi connectivity index (χ0n) is 19.0. The van der Waals surface area contributed by atoms with Crippen molar-refractivity contribution in [3.05, 3.63) is 41.0 Å². The summed E-state index contributed by atoms with van der Waals surface area (Å²) in [6, 6.07) is 6.25. The molecule has 1 aromatic carbocycles. The van der Waals surface area contributed by atoms with Crippen LogP contribution in [0.5, 0.6) is 5.75 Å². The quantitative estimate of drug-likeness (QED) is 0.203. The number of aryl methyl sites for hydroxylation is 2.